The molecule has 1 aliphatic carbocycles. The number of amides is 1. The first-order chi connectivity index (χ1) is 15.9. The summed E-state index contributed by atoms with van der Waals surface area (Å²) in [5.41, 5.74) is 2.05. The van der Waals surface area contributed by atoms with Crippen molar-refractivity contribution in [2.45, 2.75) is 51.9 Å². The number of carbonyl (C=O) groups is 1. The van der Waals surface area contributed by atoms with E-state index in [1.54, 1.807) is 6.07 Å². The summed E-state index contributed by atoms with van der Waals surface area (Å²) in [6, 6.07) is 12.4. The summed E-state index contributed by atoms with van der Waals surface area (Å²) in [6.07, 6.45) is 2.60. The van der Waals surface area contributed by atoms with Gasteiger partial charge in [0.2, 0.25) is 0 Å². The van der Waals surface area contributed by atoms with Crippen LogP contribution in [0.25, 0.3) is 0 Å². The van der Waals surface area contributed by atoms with Crippen LogP contribution in [0.4, 0.5) is 4.39 Å². The molecule has 0 bridgehead atoms. The fourth-order valence-electron chi connectivity index (χ4n) is 4.37. The third-order valence-electron chi connectivity index (χ3n) is 6.55. The van der Waals surface area contributed by atoms with Crippen LogP contribution in [0.5, 0.6) is 5.75 Å². The highest BCUT2D eigenvalue weighted by molar-refractivity contribution is 6.30. The first kappa shape index (κ1) is 24.0. The van der Waals surface area contributed by atoms with Crippen LogP contribution < -0.4 is 10.1 Å². The van der Waals surface area contributed by atoms with E-state index in [4.69, 9.17) is 16.3 Å². The van der Waals surface area contributed by atoms with Crippen molar-refractivity contribution in [1.82, 2.24) is 15.1 Å². The second-order valence-electron chi connectivity index (χ2n) is 9.42. The molecular formula is C26H33ClFN3O2. The topological polar surface area (TPSA) is 44.8 Å². The third kappa shape index (κ3) is 6.69. The molecule has 4 rings (SSSR count). The molecule has 178 valence electrons. The van der Waals surface area contributed by atoms with Gasteiger partial charge < -0.3 is 15.0 Å². The Morgan fingerprint density at radius 3 is 2.61 bits per heavy atom. The maximum absolute atomic E-state index is 13.2. The summed E-state index contributed by atoms with van der Waals surface area (Å²) in [6.45, 7) is 8.02. The van der Waals surface area contributed by atoms with Crippen LogP contribution in [0.1, 0.15) is 37.8 Å². The molecule has 0 aromatic heterocycles. The largest absolute Gasteiger partial charge is 0.483 e. The van der Waals surface area contributed by atoms with Gasteiger partial charge in [-0.3, -0.25) is 9.69 Å². The second kappa shape index (κ2) is 10.9. The lowest BCUT2D eigenvalue weighted by molar-refractivity contribution is -0.139. The number of ether oxygens (including phenoxy) is 1. The van der Waals surface area contributed by atoms with Crippen molar-refractivity contribution in [1.29, 1.82) is 0 Å². The Hall–Kier alpha value is -2.15. The Morgan fingerprint density at radius 1 is 1.12 bits per heavy atom. The molecule has 1 heterocycles. The first-order valence-electron chi connectivity index (χ1n) is 11.8. The van der Waals surface area contributed by atoms with Crippen LogP contribution in [0, 0.1) is 11.7 Å². The zero-order valence-electron chi connectivity index (χ0n) is 19.4. The van der Waals surface area contributed by atoms with Crippen LogP contribution in [0.3, 0.4) is 0 Å². The zero-order chi connectivity index (χ0) is 23.4. The molecule has 0 radical (unpaired) electrons. The summed E-state index contributed by atoms with van der Waals surface area (Å²) in [5, 5.41) is 4.13. The highest BCUT2D eigenvalue weighted by atomic mass is 35.5. The number of carbonyl (C=O) groups excluding carboxylic acids is 1. The minimum Gasteiger partial charge on any atom is -0.483 e. The van der Waals surface area contributed by atoms with Crippen LogP contribution in [0.2, 0.25) is 5.02 Å². The molecule has 5 nitrogen and oxygen atoms in total. The predicted octanol–water partition coefficient (Wildman–Crippen LogP) is 4.48. The lowest BCUT2D eigenvalue weighted by Gasteiger charge is -2.44. The maximum Gasteiger partial charge on any atom is 0.260 e. The van der Waals surface area contributed by atoms with Gasteiger partial charge in [0.05, 0.1) is 0 Å². The average Bonchev–Trinajstić information content (AvgIpc) is 3.61. The van der Waals surface area contributed by atoms with Crippen molar-refractivity contribution in [3.8, 4) is 5.75 Å². The van der Waals surface area contributed by atoms with Crippen molar-refractivity contribution < 1.29 is 13.9 Å². The molecule has 2 atom stereocenters. The van der Waals surface area contributed by atoms with Crippen molar-refractivity contribution in [2.75, 3.05) is 26.2 Å². The quantitative estimate of drug-likeness (QED) is 0.583. The van der Waals surface area contributed by atoms with Gasteiger partial charge in [0.1, 0.15) is 11.6 Å². The van der Waals surface area contributed by atoms with E-state index in [1.807, 2.05) is 29.2 Å². The van der Waals surface area contributed by atoms with Gasteiger partial charge in [-0.05, 0) is 75.0 Å². The molecule has 2 aromatic rings. The van der Waals surface area contributed by atoms with Gasteiger partial charge in [-0.1, -0.05) is 23.7 Å². The van der Waals surface area contributed by atoms with Gasteiger partial charge in [0.25, 0.3) is 5.91 Å². The summed E-state index contributed by atoms with van der Waals surface area (Å²) < 4.78 is 19.2. The van der Waals surface area contributed by atoms with Gasteiger partial charge in [0, 0.05) is 48.8 Å². The van der Waals surface area contributed by atoms with Crippen molar-refractivity contribution in [3.63, 3.8) is 0 Å². The minimum atomic E-state index is -0.224. The van der Waals surface area contributed by atoms with E-state index in [-0.39, 0.29) is 30.4 Å². The molecule has 0 spiro atoms. The van der Waals surface area contributed by atoms with E-state index >= 15 is 0 Å². The molecule has 1 aliphatic heterocycles. The van der Waals surface area contributed by atoms with E-state index in [2.05, 4.69) is 24.1 Å². The Balaban J connectivity index is 1.31. The monoisotopic (exact) mass is 473 g/mol. The minimum absolute atomic E-state index is 0.00623. The number of halogens is 2. The number of hydrogen-bond acceptors (Lipinski definition) is 4. The number of piperazine rings is 1. The lowest BCUT2D eigenvalue weighted by atomic mass is 10.1. The molecule has 1 N–H and O–H groups in total. The fourth-order valence-corrected chi connectivity index (χ4v) is 4.57. The molecule has 33 heavy (non-hydrogen) atoms. The third-order valence-corrected chi connectivity index (χ3v) is 6.79. The van der Waals surface area contributed by atoms with Crippen LogP contribution in [-0.2, 0) is 17.9 Å². The predicted molar refractivity (Wildman–Crippen MR) is 129 cm³/mol. The lowest BCUT2D eigenvalue weighted by Crippen LogP contribution is -2.58. The van der Waals surface area contributed by atoms with E-state index in [0.717, 1.165) is 36.7 Å². The number of benzene rings is 2. The molecule has 7 heteroatoms. The Bertz CT molecular complexity index is 951. The van der Waals surface area contributed by atoms with E-state index < -0.39 is 0 Å². The van der Waals surface area contributed by atoms with E-state index in [1.165, 1.54) is 25.0 Å². The molecule has 2 fully saturated rings. The summed E-state index contributed by atoms with van der Waals surface area (Å²) >= 11 is 6.19. The Labute approximate surface area is 200 Å². The SMILES string of the molecule is C[C@@H]1CN(C(=O)COc2ccc(Cl)cc2CNCC2CC2)[C@@H](C)CN1Cc1ccc(F)cc1. The number of hydrogen-bond donors (Lipinski definition) is 1. The van der Waals surface area contributed by atoms with Crippen molar-refractivity contribution >= 4 is 17.5 Å². The average molecular weight is 474 g/mol. The number of nitrogens with zero attached hydrogens (tertiary/aromatic N) is 2. The molecule has 2 aromatic carbocycles. The zero-order valence-corrected chi connectivity index (χ0v) is 20.2. The van der Waals surface area contributed by atoms with E-state index in [9.17, 15) is 9.18 Å². The van der Waals surface area contributed by atoms with E-state index in [0.29, 0.717) is 23.9 Å². The molecule has 1 saturated heterocycles. The number of nitrogens with one attached hydrogen (secondary N) is 1. The van der Waals surface area contributed by atoms with Gasteiger partial charge in [-0.15, -0.1) is 0 Å². The van der Waals surface area contributed by atoms with Gasteiger partial charge in [-0.25, -0.2) is 4.39 Å². The van der Waals surface area contributed by atoms with Gasteiger partial charge in [-0.2, -0.15) is 0 Å². The molecule has 1 saturated carbocycles. The van der Waals surface area contributed by atoms with Crippen LogP contribution in [-0.4, -0.2) is 54.0 Å². The maximum atomic E-state index is 13.2. The smallest absolute Gasteiger partial charge is 0.260 e. The molecular weight excluding hydrogens is 441 g/mol. The van der Waals surface area contributed by atoms with Crippen LogP contribution in [0.15, 0.2) is 42.5 Å². The van der Waals surface area contributed by atoms with Crippen molar-refractivity contribution in [3.05, 3.63) is 64.4 Å². The molecule has 0 unspecified atom stereocenters. The molecule has 2 aliphatic rings. The second-order valence-corrected chi connectivity index (χ2v) is 9.85. The molecule has 1 amide bonds. The van der Waals surface area contributed by atoms with Crippen molar-refractivity contribution in [2.24, 2.45) is 5.92 Å². The Morgan fingerprint density at radius 2 is 1.88 bits per heavy atom. The summed E-state index contributed by atoms with van der Waals surface area (Å²) in [4.78, 5) is 17.3. The normalized spacial score (nSPS) is 21.3. The fraction of sp³-hybridized carbons (Fsp3) is 0.500. The van der Waals surface area contributed by atoms with Crippen LogP contribution >= 0.6 is 11.6 Å². The summed E-state index contributed by atoms with van der Waals surface area (Å²) in [7, 11) is 0. The number of rotatable bonds is 9. The highest BCUT2D eigenvalue weighted by Gasteiger charge is 2.32. The van der Waals surface area contributed by atoms with Gasteiger partial charge >= 0.3 is 0 Å². The first-order valence-corrected chi connectivity index (χ1v) is 12.2. The standard InChI is InChI=1S/C26H33ClFN3O2/c1-18-15-31(19(2)14-30(18)16-21-5-8-24(28)9-6-21)26(32)17-33-25-10-7-23(27)11-22(25)13-29-12-20-3-4-20/h5-11,18-20,29H,3-4,12-17H2,1-2H3/t18-,19+/m1/s1. The highest BCUT2D eigenvalue weighted by Crippen LogP contribution is 2.28. The Kier molecular flexibility index (Phi) is 7.89. The van der Waals surface area contributed by atoms with Gasteiger partial charge in [0.15, 0.2) is 6.61 Å². The summed E-state index contributed by atoms with van der Waals surface area (Å²) in [5.74, 6) is 1.26.